The largest absolute Gasteiger partial charge is 0.281 e. The highest BCUT2D eigenvalue weighted by Gasteiger charge is 1.88. The van der Waals surface area contributed by atoms with Crippen LogP contribution in [0.1, 0.15) is 12.0 Å². The summed E-state index contributed by atoms with van der Waals surface area (Å²) in [4.78, 5) is 10.3. The van der Waals surface area contributed by atoms with Crippen molar-refractivity contribution in [3.05, 3.63) is 42.0 Å². The first-order valence-electron chi connectivity index (χ1n) is 3.69. The van der Waals surface area contributed by atoms with Crippen molar-refractivity contribution >= 4 is 22.9 Å². The lowest BCUT2D eigenvalue weighted by atomic mass is 10.2. The van der Waals surface area contributed by atoms with E-state index in [1.54, 1.807) is 6.08 Å². The third-order valence-electron chi connectivity index (χ3n) is 1.39. The Morgan fingerprint density at radius 2 is 2.00 bits per heavy atom. The Balaban J connectivity index is 2.52. The number of halogens is 1. The van der Waals surface area contributed by atoms with Gasteiger partial charge >= 0.3 is 0 Å². The van der Waals surface area contributed by atoms with E-state index in [-0.39, 0.29) is 11.7 Å². The van der Waals surface area contributed by atoms with Crippen molar-refractivity contribution in [1.29, 1.82) is 0 Å². The smallest absolute Gasteiger partial charge is 0.225 e. The van der Waals surface area contributed by atoms with E-state index in [0.717, 1.165) is 5.56 Å². The monoisotopic (exact) mass is 180 g/mol. The highest BCUT2D eigenvalue weighted by atomic mass is 35.5. The molecule has 0 heterocycles. The molecule has 0 aliphatic rings. The van der Waals surface area contributed by atoms with Crippen molar-refractivity contribution in [2.45, 2.75) is 6.42 Å². The molecule has 0 bridgehead atoms. The van der Waals surface area contributed by atoms with Crippen molar-refractivity contribution in [2.24, 2.45) is 0 Å². The van der Waals surface area contributed by atoms with Gasteiger partial charge in [0.1, 0.15) is 0 Å². The fraction of sp³-hybridized carbons (Fsp3) is 0.100. The zero-order valence-electron chi connectivity index (χ0n) is 6.53. The number of hydrogen-bond acceptors (Lipinski definition) is 1. The summed E-state index contributed by atoms with van der Waals surface area (Å²) in [6, 6.07) is 9.78. The molecule has 0 unspecified atom stereocenters. The fourth-order valence-corrected chi connectivity index (χ4v) is 0.941. The summed E-state index contributed by atoms with van der Waals surface area (Å²) >= 11 is 5.15. The van der Waals surface area contributed by atoms with Crippen LogP contribution in [0, 0.1) is 0 Å². The van der Waals surface area contributed by atoms with Crippen LogP contribution in [-0.2, 0) is 4.79 Å². The molecule has 0 amide bonds. The number of carbonyl (C=O) groups is 1. The van der Waals surface area contributed by atoms with Crippen LogP contribution in [0.2, 0.25) is 0 Å². The molecule has 1 aromatic rings. The number of hydrogen-bond donors (Lipinski definition) is 0. The van der Waals surface area contributed by atoms with Gasteiger partial charge in [0.25, 0.3) is 0 Å². The van der Waals surface area contributed by atoms with Gasteiger partial charge in [0.15, 0.2) is 0 Å². The lowest BCUT2D eigenvalue weighted by Crippen LogP contribution is -1.79. The average molecular weight is 181 g/mol. The zero-order valence-corrected chi connectivity index (χ0v) is 7.29. The van der Waals surface area contributed by atoms with E-state index < -0.39 is 0 Å². The van der Waals surface area contributed by atoms with Crippen LogP contribution in [0.4, 0.5) is 0 Å². The average Bonchev–Trinajstić information content (AvgIpc) is 2.05. The Morgan fingerprint density at radius 1 is 1.33 bits per heavy atom. The van der Waals surface area contributed by atoms with Crippen molar-refractivity contribution in [3.8, 4) is 0 Å². The van der Waals surface area contributed by atoms with Crippen LogP contribution < -0.4 is 0 Å². The highest BCUT2D eigenvalue weighted by Crippen LogP contribution is 2.02. The Kier molecular flexibility index (Phi) is 3.55. The van der Waals surface area contributed by atoms with Gasteiger partial charge in [-0.15, -0.1) is 0 Å². The standard InChI is InChI=1S/C10H9ClO/c11-10(12)8-4-7-9-5-2-1-3-6-9/h1-7H,8H2/b7-4+. The molecule has 0 atom stereocenters. The Hall–Kier alpha value is -1.08. The maximum absolute atomic E-state index is 10.3. The minimum Gasteiger partial charge on any atom is -0.281 e. The topological polar surface area (TPSA) is 17.1 Å². The third kappa shape index (κ3) is 3.35. The Bertz CT molecular complexity index is 277. The van der Waals surface area contributed by atoms with Crippen LogP contribution in [0.5, 0.6) is 0 Å². The molecule has 62 valence electrons. The lowest BCUT2D eigenvalue weighted by molar-refractivity contribution is -0.110. The van der Waals surface area contributed by atoms with Gasteiger partial charge in [-0.2, -0.15) is 0 Å². The SMILES string of the molecule is O=C(Cl)C/C=C/c1ccccc1. The summed E-state index contributed by atoms with van der Waals surface area (Å²) in [6.07, 6.45) is 3.92. The van der Waals surface area contributed by atoms with Crippen LogP contribution >= 0.6 is 11.6 Å². The van der Waals surface area contributed by atoms with Crippen LogP contribution in [0.25, 0.3) is 6.08 Å². The molecule has 0 N–H and O–H groups in total. The molecule has 2 heteroatoms. The predicted octanol–water partition coefficient (Wildman–Crippen LogP) is 2.86. The quantitative estimate of drug-likeness (QED) is 0.654. The molecule has 0 spiro atoms. The van der Waals surface area contributed by atoms with Gasteiger partial charge in [-0.3, -0.25) is 4.79 Å². The zero-order chi connectivity index (χ0) is 8.81. The highest BCUT2D eigenvalue weighted by molar-refractivity contribution is 6.63. The van der Waals surface area contributed by atoms with E-state index in [1.807, 2.05) is 36.4 Å². The van der Waals surface area contributed by atoms with Gasteiger partial charge in [0, 0.05) is 6.42 Å². The first-order chi connectivity index (χ1) is 5.79. The van der Waals surface area contributed by atoms with E-state index in [0.29, 0.717) is 0 Å². The van der Waals surface area contributed by atoms with E-state index >= 15 is 0 Å². The van der Waals surface area contributed by atoms with E-state index in [4.69, 9.17) is 11.6 Å². The summed E-state index contributed by atoms with van der Waals surface area (Å²) in [7, 11) is 0. The van der Waals surface area contributed by atoms with Crippen LogP contribution in [0.3, 0.4) is 0 Å². The molecular formula is C10H9ClO. The van der Waals surface area contributed by atoms with E-state index in [9.17, 15) is 4.79 Å². The maximum Gasteiger partial charge on any atom is 0.225 e. The third-order valence-corrected chi connectivity index (χ3v) is 1.54. The van der Waals surface area contributed by atoms with Gasteiger partial charge in [-0.25, -0.2) is 0 Å². The molecular weight excluding hydrogens is 172 g/mol. The van der Waals surface area contributed by atoms with Gasteiger partial charge in [0.05, 0.1) is 0 Å². The molecule has 0 saturated carbocycles. The van der Waals surface area contributed by atoms with E-state index in [2.05, 4.69) is 0 Å². The molecule has 0 radical (unpaired) electrons. The molecule has 0 fully saturated rings. The molecule has 0 saturated heterocycles. The van der Waals surface area contributed by atoms with Gasteiger partial charge < -0.3 is 0 Å². The predicted molar refractivity (Wildman–Crippen MR) is 51.0 cm³/mol. The molecule has 12 heavy (non-hydrogen) atoms. The van der Waals surface area contributed by atoms with Crippen molar-refractivity contribution < 1.29 is 4.79 Å². The summed E-state index contributed by atoms with van der Waals surface area (Å²) in [6.45, 7) is 0. The minimum absolute atomic E-state index is 0.288. The Morgan fingerprint density at radius 3 is 2.58 bits per heavy atom. The molecule has 0 aliphatic heterocycles. The maximum atomic E-state index is 10.3. The fourth-order valence-electron chi connectivity index (χ4n) is 0.852. The lowest BCUT2D eigenvalue weighted by Gasteiger charge is -1.89. The molecule has 0 aromatic heterocycles. The van der Waals surface area contributed by atoms with Gasteiger partial charge in [-0.05, 0) is 17.2 Å². The first-order valence-corrected chi connectivity index (χ1v) is 4.07. The second-order valence-electron chi connectivity index (χ2n) is 2.37. The van der Waals surface area contributed by atoms with E-state index in [1.165, 1.54) is 0 Å². The number of benzene rings is 1. The second kappa shape index (κ2) is 4.73. The van der Waals surface area contributed by atoms with Crippen LogP contribution in [-0.4, -0.2) is 5.24 Å². The minimum atomic E-state index is -0.331. The second-order valence-corrected chi connectivity index (χ2v) is 2.79. The van der Waals surface area contributed by atoms with Crippen molar-refractivity contribution in [1.82, 2.24) is 0 Å². The summed E-state index contributed by atoms with van der Waals surface area (Å²) in [5, 5.41) is -0.331. The number of rotatable bonds is 3. The molecule has 0 aliphatic carbocycles. The number of allylic oxidation sites excluding steroid dienone is 1. The van der Waals surface area contributed by atoms with Crippen molar-refractivity contribution in [2.75, 3.05) is 0 Å². The van der Waals surface area contributed by atoms with Crippen molar-refractivity contribution in [3.63, 3.8) is 0 Å². The Labute approximate surface area is 76.7 Å². The molecule has 1 rings (SSSR count). The molecule has 1 nitrogen and oxygen atoms in total. The number of carbonyl (C=O) groups excluding carboxylic acids is 1. The normalized spacial score (nSPS) is 10.4. The summed E-state index contributed by atoms with van der Waals surface area (Å²) in [5.41, 5.74) is 1.08. The first kappa shape index (κ1) is 9.01. The van der Waals surface area contributed by atoms with Gasteiger partial charge in [0.2, 0.25) is 5.24 Å². The van der Waals surface area contributed by atoms with Gasteiger partial charge in [-0.1, -0.05) is 42.5 Å². The summed E-state index contributed by atoms with van der Waals surface area (Å²) in [5.74, 6) is 0. The van der Waals surface area contributed by atoms with Crippen LogP contribution in [0.15, 0.2) is 36.4 Å². The summed E-state index contributed by atoms with van der Waals surface area (Å²) < 4.78 is 0. The molecule has 1 aromatic carbocycles.